The van der Waals surface area contributed by atoms with Gasteiger partial charge >= 0.3 is 0 Å². The monoisotopic (exact) mass is 715 g/mol. The largest absolute Gasteiger partial charge is 0.310 e. The lowest BCUT2D eigenvalue weighted by Crippen LogP contribution is -2.17. The molecule has 1 aliphatic rings. The van der Waals surface area contributed by atoms with Gasteiger partial charge in [0.25, 0.3) is 0 Å². The van der Waals surface area contributed by atoms with E-state index in [-0.39, 0.29) is 5.41 Å². The van der Waals surface area contributed by atoms with Crippen LogP contribution in [-0.2, 0) is 5.41 Å². The molecule has 0 unspecified atom stereocenters. The highest BCUT2D eigenvalue weighted by Gasteiger charge is 2.36. The first-order valence-electron chi connectivity index (χ1n) is 19.5. The van der Waals surface area contributed by atoms with Gasteiger partial charge in [-0.15, -0.1) is 0 Å². The van der Waals surface area contributed by atoms with Crippen molar-refractivity contribution in [3.63, 3.8) is 0 Å². The molecule has 0 spiro atoms. The molecule has 0 saturated heterocycles. The van der Waals surface area contributed by atoms with Crippen molar-refractivity contribution < 1.29 is 0 Å². The van der Waals surface area contributed by atoms with Crippen LogP contribution in [0.5, 0.6) is 0 Å². The van der Waals surface area contributed by atoms with Crippen LogP contribution in [0.1, 0.15) is 25.0 Å². The Bertz CT molecular complexity index is 2850. The summed E-state index contributed by atoms with van der Waals surface area (Å²) < 4.78 is 0. The van der Waals surface area contributed by atoms with Gasteiger partial charge in [-0.1, -0.05) is 190 Å². The van der Waals surface area contributed by atoms with E-state index >= 15 is 0 Å². The molecule has 10 rings (SSSR count). The fourth-order valence-electron chi connectivity index (χ4n) is 8.86. The van der Waals surface area contributed by atoms with Crippen LogP contribution in [0.2, 0.25) is 0 Å². The van der Waals surface area contributed by atoms with Crippen LogP contribution in [-0.4, -0.2) is 0 Å². The van der Waals surface area contributed by atoms with Crippen LogP contribution in [0.15, 0.2) is 212 Å². The molecule has 56 heavy (non-hydrogen) atoms. The summed E-state index contributed by atoms with van der Waals surface area (Å²) in [6.45, 7) is 4.74. The highest BCUT2D eigenvalue weighted by Crippen LogP contribution is 2.52. The minimum Gasteiger partial charge on any atom is -0.310 e. The summed E-state index contributed by atoms with van der Waals surface area (Å²) >= 11 is 0. The van der Waals surface area contributed by atoms with Crippen molar-refractivity contribution in [3.8, 4) is 55.6 Å². The zero-order valence-corrected chi connectivity index (χ0v) is 31.7. The third-order valence-corrected chi connectivity index (χ3v) is 11.7. The molecule has 9 aromatic rings. The Kier molecular flexibility index (Phi) is 8.23. The van der Waals surface area contributed by atoms with Crippen LogP contribution in [0.25, 0.3) is 66.4 Å². The summed E-state index contributed by atoms with van der Waals surface area (Å²) in [6.07, 6.45) is 0. The van der Waals surface area contributed by atoms with Crippen molar-refractivity contribution in [2.75, 3.05) is 4.90 Å². The van der Waals surface area contributed by atoms with Gasteiger partial charge in [-0.2, -0.15) is 0 Å². The number of benzene rings is 9. The van der Waals surface area contributed by atoms with Crippen LogP contribution in [0, 0.1) is 0 Å². The van der Waals surface area contributed by atoms with E-state index in [0.29, 0.717) is 0 Å². The second kappa shape index (κ2) is 13.7. The van der Waals surface area contributed by atoms with Gasteiger partial charge in [0.05, 0.1) is 5.69 Å². The Hall–Kier alpha value is -6.96. The molecule has 0 heterocycles. The van der Waals surface area contributed by atoms with Gasteiger partial charge in [0, 0.05) is 22.4 Å². The number of nitrogens with zero attached hydrogens (tertiary/aromatic N) is 1. The van der Waals surface area contributed by atoms with Crippen molar-refractivity contribution >= 4 is 27.8 Å². The quantitative estimate of drug-likeness (QED) is 0.159. The Balaban J connectivity index is 1.11. The van der Waals surface area contributed by atoms with Gasteiger partial charge in [0.1, 0.15) is 0 Å². The first-order chi connectivity index (χ1) is 27.5. The van der Waals surface area contributed by atoms with Crippen LogP contribution < -0.4 is 4.90 Å². The lowest BCUT2D eigenvalue weighted by atomic mass is 9.82. The summed E-state index contributed by atoms with van der Waals surface area (Å²) in [4.78, 5) is 2.44. The Morgan fingerprint density at radius 1 is 0.304 bits per heavy atom. The Morgan fingerprint density at radius 3 is 1.43 bits per heavy atom. The number of hydrogen-bond donors (Lipinski definition) is 0. The van der Waals surface area contributed by atoms with E-state index in [1.54, 1.807) is 0 Å². The minimum atomic E-state index is -0.155. The van der Waals surface area contributed by atoms with Crippen molar-refractivity contribution in [1.29, 1.82) is 0 Å². The maximum atomic E-state index is 2.44. The van der Waals surface area contributed by atoms with E-state index < -0.39 is 0 Å². The average molecular weight is 716 g/mol. The Morgan fingerprint density at radius 2 is 0.786 bits per heavy atom. The maximum Gasteiger partial charge on any atom is 0.0540 e. The highest BCUT2D eigenvalue weighted by molar-refractivity contribution is 6.05. The zero-order chi connectivity index (χ0) is 37.6. The summed E-state index contributed by atoms with van der Waals surface area (Å²) in [6, 6.07) is 77.5. The van der Waals surface area contributed by atoms with E-state index in [4.69, 9.17) is 0 Å². The summed E-state index contributed by atoms with van der Waals surface area (Å²) in [7, 11) is 0. The lowest BCUT2D eigenvalue weighted by Gasteiger charge is -2.30. The van der Waals surface area contributed by atoms with E-state index in [1.165, 1.54) is 77.5 Å². The third-order valence-electron chi connectivity index (χ3n) is 11.7. The van der Waals surface area contributed by atoms with Crippen molar-refractivity contribution in [3.05, 3.63) is 223 Å². The van der Waals surface area contributed by atoms with E-state index in [2.05, 4.69) is 231 Å². The molecule has 1 aliphatic carbocycles. The number of rotatable bonds is 7. The van der Waals surface area contributed by atoms with Gasteiger partial charge in [-0.25, -0.2) is 0 Å². The fraction of sp³-hybridized carbons (Fsp3) is 0.0545. The normalized spacial score (nSPS) is 12.6. The topological polar surface area (TPSA) is 3.24 Å². The standard InChI is InChI=1S/C55H41N/c1-55(2)52-35-28-42(38-16-6-3-7-17-38)36-51(52)50-32-31-44(37-53(50)55)56(54-25-15-14-22-47(54)40-20-10-5-11-21-40)43-29-26-41(27-30-43)46-34-33-45(39-18-8-4-9-19-39)48-23-12-13-24-49(46)48/h3-37H,1-2H3. The molecule has 0 amide bonds. The molecule has 0 aliphatic heterocycles. The number of para-hydroxylation sites is 1. The fourth-order valence-corrected chi connectivity index (χ4v) is 8.86. The molecular formula is C55H41N. The molecule has 266 valence electrons. The molecule has 0 atom stereocenters. The lowest BCUT2D eigenvalue weighted by molar-refractivity contribution is 0.660. The Labute approximate surface area is 329 Å². The number of hydrogen-bond acceptors (Lipinski definition) is 1. The molecular weight excluding hydrogens is 675 g/mol. The predicted molar refractivity (Wildman–Crippen MR) is 238 cm³/mol. The highest BCUT2D eigenvalue weighted by atomic mass is 15.1. The van der Waals surface area contributed by atoms with Gasteiger partial charge < -0.3 is 4.90 Å². The van der Waals surface area contributed by atoms with Crippen molar-refractivity contribution in [1.82, 2.24) is 0 Å². The van der Waals surface area contributed by atoms with Crippen molar-refractivity contribution in [2.24, 2.45) is 0 Å². The van der Waals surface area contributed by atoms with Crippen molar-refractivity contribution in [2.45, 2.75) is 19.3 Å². The second-order valence-electron chi connectivity index (χ2n) is 15.3. The van der Waals surface area contributed by atoms with Gasteiger partial charge in [0.2, 0.25) is 0 Å². The maximum absolute atomic E-state index is 2.44. The molecule has 1 heteroatoms. The van der Waals surface area contributed by atoms with Gasteiger partial charge in [-0.05, 0) is 108 Å². The SMILES string of the molecule is CC1(C)c2ccc(-c3ccccc3)cc2-c2ccc(N(c3ccc(-c4ccc(-c5ccccc5)c5ccccc45)cc3)c3ccccc3-c3ccccc3)cc21. The van der Waals surface area contributed by atoms with Gasteiger partial charge in [-0.3, -0.25) is 0 Å². The summed E-state index contributed by atoms with van der Waals surface area (Å²) in [5.74, 6) is 0. The molecule has 0 fully saturated rings. The smallest absolute Gasteiger partial charge is 0.0540 e. The molecule has 9 aromatic carbocycles. The molecule has 0 N–H and O–H groups in total. The van der Waals surface area contributed by atoms with Crippen LogP contribution >= 0.6 is 0 Å². The molecule has 0 aromatic heterocycles. The first kappa shape index (κ1) is 33.6. The molecule has 0 saturated carbocycles. The average Bonchev–Trinajstić information content (AvgIpc) is 3.49. The molecule has 0 bridgehead atoms. The number of fused-ring (bicyclic) bond motifs is 4. The van der Waals surface area contributed by atoms with Crippen LogP contribution in [0.3, 0.4) is 0 Å². The third kappa shape index (κ3) is 5.72. The number of anilines is 3. The minimum absolute atomic E-state index is 0.155. The van der Waals surface area contributed by atoms with Gasteiger partial charge in [0.15, 0.2) is 0 Å². The van der Waals surface area contributed by atoms with E-state index in [0.717, 1.165) is 17.1 Å². The first-order valence-corrected chi connectivity index (χ1v) is 19.5. The summed E-state index contributed by atoms with van der Waals surface area (Å²) in [5, 5.41) is 2.51. The predicted octanol–water partition coefficient (Wildman–Crippen LogP) is 15.3. The molecule has 1 nitrogen and oxygen atoms in total. The zero-order valence-electron chi connectivity index (χ0n) is 31.7. The second-order valence-corrected chi connectivity index (χ2v) is 15.3. The van der Waals surface area contributed by atoms with Crippen LogP contribution in [0.4, 0.5) is 17.1 Å². The van der Waals surface area contributed by atoms with E-state index in [1.807, 2.05) is 0 Å². The van der Waals surface area contributed by atoms with E-state index in [9.17, 15) is 0 Å². The summed E-state index contributed by atoms with van der Waals surface area (Å²) in [5.41, 5.74) is 18.4. The molecule has 0 radical (unpaired) electrons.